The summed E-state index contributed by atoms with van der Waals surface area (Å²) in [5.74, 6) is 0.479. The molecule has 1 heterocycles. The first-order chi connectivity index (χ1) is 9.60. The van der Waals surface area contributed by atoms with Crippen LogP contribution in [-0.4, -0.2) is 32.0 Å². The third-order valence-electron chi connectivity index (χ3n) is 3.80. The van der Waals surface area contributed by atoms with Crippen molar-refractivity contribution in [3.05, 3.63) is 29.8 Å². The molecule has 0 aliphatic carbocycles. The maximum Gasteiger partial charge on any atom is 0.227 e. The van der Waals surface area contributed by atoms with Crippen LogP contribution in [0.3, 0.4) is 0 Å². The molecule has 20 heavy (non-hydrogen) atoms. The smallest absolute Gasteiger partial charge is 0.227 e. The summed E-state index contributed by atoms with van der Waals surface area (Å²) in [5.41, 5.74) is 1.70. The molecule has 0 saturated carbocycles. The first-order valence-corrected chi connectivity index (χ1v) is 6.91. The summed E-state index contributed by atoms with van der Waals surface area (Å²) in [7, 11) is 1.62. The summed E-state index contributed by atoms with van der Waals surface area (Å²) in [6.45, 7) is 3.79. The van der Waals surface area contributed by atoms with Crippen molar-refractivity contribution in [1.29, 1.82) is 0 Å². The van der Waals surface area contributed by atoms with Crippen molar-refractivity contribution in [1.82, 2.24) is 10.6 Å². The maximum atomic E-state index is 12.1. The Balaban J connectivity index is 1.89. The highest BCUT2D eigenvalue weighted by Gasteiger charge is 2.28. The van der Waals surface area contributed by atoms with Crippen LogP contribution in [0.2, 0.25) is 0 Å². The lowest BCUT2D eigenvalue weighted by atomic mass is 9.88. The van der Waals surface area contributed by atoms with Crippen molar-refractivity contribution >= 4 is 17.5 Å². The van der Waals surface area contributed by atoms with Gasteiger partial charge in [0.05, 0.1) is 6.42 Å². The van der Waals surface area contributed by atoms with Gasteiger partial charge in [0.25, 0.3) is 0 Å². The van der Waals surface area contributed by atoms with E-state index in [1.807, 2.05) is 31.2 Å². The first-order valence-electron chi connectivity index (χ1n) is 6.91. The standard InChI is InChI=1S/C15H21N3O2/c1-10(12-8-17-9-12)15(20)18-13-5-3-11(4-6-13)7-14(19)16-2/h3-6,10,12,17H,7-9H2,1-2H3,(H,16,19)(H,18,20). The molecule has 1 aromatic carbocycles. The van der Waals surface area contributed by atoms with E-state index in [0.717, 1.165) is 24.3 Å². The largest absolute Gasteiger partial charge is 0.359 e. The van der Waals surface area contributed by atoms with E-state index in [4.69, 9.17) is 0 Å². The van der Waals surface area contributed by atoms with Crippen LogP contribution < -0.4 is 16.0 Å². The number of benzene rings is 1. The van der Waals surface area contributed by atoms with Crippen molar-refractivity contribution in [2.45, 2.75) is 13.3 Å². The van der Waals surface area contributed by atoms with Crippen LogP contribution in [0.25, 0.3) is 0 Å². The van der Waals surface area contributed by atoms with Crippen LogP contribution >= 0.6 is 0 Å². The molecule has 1 fully saturated rings. The molecule has 1 aliphatic heterocycles. The molecule has 0 aromatic heterocycles. The number of carbonyl (C=O) groups is 2. The number of hydrogen-bond donors (Lipinski definition) is 3. The van der Waals surface area contributed by atoms with Crippen LogP contribution in [0.1, 0.15) is 12.5 Å². The number of hydrogen-bond acceptors (Lipinski definition) is 3. The highest BCUT2D eigenvalue weighted by molar-refractivity contribution is 5.92. The summed E-state index contributed by atoms with van der Waals surface area (Å²) < 4.78 is 0. The van der Waals surface area contributed by atoms with E-state index in [9.17, 15) is 9.59 Å². The Morgan fingerprint density at radius 2 is 1.95 bits per heavy atom. The Labute approximate surface area is 119 Å². The van der Waals surface area contributed by atoms with Gasteiger partial charge >= 0.3 is 0 Å². The summed E-state index contributed by atoms with van der Waals surface area (Å²) in [6.07, 6.45) is 0.356. The second-order valence-electron chi connectivity index (χ2n) is 5.24. The van der Waals surface area contributed by atoms with Gasteiger partial charge in [0, 0.05) is 18.7 Å². The zero-order chi connectivity index (χ0) is 14.5. The number of carbonyl (C=O) groups excluding carboxylic acids is 2. The minimum absolute atomic E-state index is 0.0156. The quantitative estimate of drug-likeness (QED) is 0.743. The third kappa shape index (κ3) is 3.57. The molecular formula is C15H21N3O2. The van der Waals surface area contributed by atoms with Gasteiger partial charge < -0.3 is 16.0 Å². The number of nitrogens with one attached hydrogen (secondary N) is 3. The monoisotopic (exact) mass is 275 g/mol. The molecule has 2 rings (SSSR count). The summed E-state index contributed by atoms with van der Waals surface area (Å²) >= 11 is 0. The van der Waals surface area contributed by atoms with Gasteiger partial charge in [-0.3, -0.25) is 9.59 Å². The van der Waals surface area contributed by atoms with E-state index in [0.29, 0.717) is 12.3 Å². The summed E-state index contributed by atoms with van der Waals surface area (Å²) in [5, 5.41) is 8.68. The highest BCUT2D eigenvalue weighted by Crippen LogP contribution is 2.18. The topological polar surface area (TPSA) is 70.2 Å². The van der Waals surface area contributed by atoms with Crippen molar-refractivity contribution in [3.8, 4) is 0 Å². The maximum absolute atomic E-state index is 12.1. The van der Waals surface area contributed by atoms with Crippen molar-refractivity contribution in [3.63, 3.8) is 0 Å². The van der Waals surface area contributed by atoms with Crippen LogP contribution in [0, 0.1) is 11.8 Å². The Bertz CT molecular complexity index is 480. The predicted molar refractivity (Wildman–Crippen MR) is 78.4 cm³/mol. The van der Waals surface area contributed by atoms with E-state index < -0.39 is 0 Å². The highest BCUT2D eigenvalue weighted by atomic mass is 16.2. The number of likely N-dealkylation sites (N-methyl/N-ethyl adjacent to an activating group) is 1. The van der Waals surface area contributed by atoms with Crippen molar-refractivity contribution in [2.75, 3.05) is 25.5 Å². The van der Waals surface area contributed by atoms with E-state index >= 15 is 0 Å². The van der Waals surface area contributed by atoms with Crippen molar-refractivity contribution in [2.24, 2.45) is 11.8 Å². The Kier molecular flexibility index (Phi) is 4.74. The third-order valence-corrected chi connectivity index (χ3v) is 3.80. The van der Waals surface area contributed by atoms with Gasteiger partial charge in [-0.15, -0.1) is 0 Å². The van der Waals surface area contributed by atoms with Gasteiger partial charge in [0.1, 0.15) is 0 Å². The Hall–Kier alpha value is -1.88. The van der Waals surface area contributed by atoms with Gasteiger partial charge in [-0.25, -0.2) is 0 Å². The molecule has 2 amide bonds. The number of amides is 2. The van der Waals surface area contributed by atoms with Gasteiger partial charge in [0.15, 0.2) is 0 Å². The van der Waals surface area contributed by atoms with Crippen molar-refractivity contribution < 1.29 is 9.59 Å². The fraction of sp³-hybridized carbons (Fsp3) is 0.467. The molecule has 3 N–H and O–H groups in total. The molecule has 1 aliphatic rings. The van der Waals surface area contributed by atoms with Gasteiger partial charge in [-0.05, 0) is 36.7 Å². The molecule has 1 aromatic rings. The lowest BCUT2D eigenvalue weighted by Crippen LogP contribution is -2.48. The lowest BCUT2D eigenvalue weighted by Gasteiger charge is -2.31. The summed E-state index contributed by atoms with van der Waals surface area (Å²) in [6, 6.07) is 7.39. The number of rotatable bonds is 5. The minimum Gasteiger partial charge on any atom is -0.359 e. The average molecular weight is 275 g/mol. The van der Waals surface area contributed by atoms with Crippen LogP contribution in [-0.2, 0) is 16.0 Å². The SMILES string of the molecule is CNC(=O)Cc1ccc(NC(=O)C(C)C2CNC2)cc1. The molecule has 1 saturated heterocycles. The summed E-state index contributed by atoms with van der Waals surface area (Å²) in [4.78, 5) is 23.3. The molecule has 5 nitrogen and oxygen atoms in total. The first kappa shape index (κ1) is 14.5. The normalized spacial score (nSPS) is 16.1. The second-order valence-corrected chi connectivity index (χ2v) is 5.24. The predicted octanol–water partition coefficient (Wildman–Crippen LogP) is 0.769. The van der Waals surface area contributed by atoms with Crippen LogP contribution in [0.4, 0.5) is 5.69 Å². The molecule has 1 unspecified atom stereocenters. The fourth-order valence-corrected chi connectivity index (χ4v) is 2.11. The van der Waals surface area contributed by atoms with Gasteiger partial charge in [-0.2, -0.15) is 0 Å². The van der Waals surface area contributed by atoms with Crippen LogP contribution in [0.5, 0.6) is 0 Å². The van der Waals surface area contributed by atoms with E-state index in [1.165, 1.54) is 0 Å². The molecule has 0 spiro atoms. The Morgan fingerprint density at radius 1 is 1.30 bits per heavy atom. The van der Waals surface area contributed by atoms with E-state index in [-0.39, 0.29) is 17.7 Å². The van der Waals surface area contributed by atoms with Gasteiger partial charge in [0.2, 0.25) is 11.8 Å². The van der Waals surface area contributed by atoms with E-state index in [2.05, 4.69) is 16.0 Å². The molecule has 108 valence electrons. The van der Waals surface area contributed by atoms with Crippen LogP contribution in [0.15, 0.2) is 24.3 Å². The number of anilines is 1. The zero-order valence-electron chi connectivity index (χ0n) is 11.9. The van der Waals surface area contributed by atoms with E-state index in [1.54, 1.807) is 7.05 Å². The van der Waals surface area contributed by atoms with Gasteiger partial charge in [-0.1, -0.05) is 19.1 Å². The average Bonchev–Trinajstić information content (AvgIpc) is 2.38. The molecule has 0 bridgehead atoms. The Morgan fingerprint density at radius 3 is 2.45 bits per heavy atom. The lowest BCUT2D eigenvalue weighted by molar-refractivity contribution is -0.121. The minimum atomic E-state index is -0.0205. The second kappa shape index (κ2) is 6.52. The fourth-order valence-electron chi connectivity index (χ4n) is 2.11. The molecule has 1 atom stereocenters. The zero-order valence-corrected chi connectivity index (χ0v) is 11.9. The molecule has 0 radical (unpaired) electrons. The molecule has 5 heteroatoms. The molecular weight excluding hydrogens is 254 g/mol.